The van der Waals surface area contributed by atoms with E-state index in [9.17, 15) is 19.2 Å². The first kappa shape index (κ1) is 25.2. The zero-order chi connectivity index (χ0) is 24.7. The van der Waals surface area contributed by atoms with Gasteiger partial charge in [0, 0.05) is 67.6 Å². The van der Waals surface area contributed by atoms with Gasteiger partial charge in [0.25, 0.3) is 11.8 Å². The van der Waals surface area contributed by atoms with E-state index in [0.717, 1.165) is 35.7 Å². The highest BCUT2D eigenvalue weighted by Crippen LogP contribution is 2.35. The molecule has 0 saturated heterocycles. The fraction of sp³-hybridized carbons (Fsp3) is 0.462. The van der Waals surface area contributed by atoms with E-state index in [1.165, 1.54) is 4.90 Å². The van der Waals surface area contributed by atoms with E-state index < -0.39 is 5.97 Å². The number of nitrogens with one attached hydrogen (secondary N) is 1. The molecule has 0 spiro atoms. The first-order chi connectivity index (χ1) is 16.3. The van der Waals surface area contributed by atoms with E-state index in [1.807, 2.05) is 37.2 Å². The minimum absolute atomic E-state index is 0.0272. The Morgan fingerprint density at radius 3 is 2.26 bits per heavy atom. The summed E-state index contributed by atoms with van der Waals surface area (Å²) in [7, 11) is 3.87. The van der Waals surface area contributed by atoms with Crippen LogP contribution >= 0.6 is 0 Å². The van der Waals surface area contributed by atoms with Gasteiger partial charge in [-0.3, -0.25) is 24.1 Å². The molecule has 3 amide bonds. The molecule has 0 saturated carbocycles. The largest absolute Gasteiger partial charge is 0.481 e. The van der Waals surface area contributed by atoms with Crippen LogP contribution in [0.15, 0.2) is 30.3 Å². The molecule has 34 heavy (non-hydrogen) atoms. The molecule has 8 heteroatoms. The number of nitrogens with zero attached hydrogens (tertiary/aromatic N) is 2. The summed E-state index contributed by atoms with van der Waals surface area (Å²) in [4.78, 5) is 51.9. The first-order valence-corrected chi connectivity index (χ1v) is 11.9. The van der Waals surface area contributed by atoms with E-state index in [0.29, 0.717) is 49.9 Å². The standard InChI is InChI=1S/C26H33N3O5/c1-28(2)21-15-14-20-24-18(21)10-9-11-19(24)25(33)29(26(20)34)17-8-4-5-12-22(30)27-16-7-3-6-13-23(31)32/h9-11,14-15H,3-8,12-13,16-17H2,1-2H3,(H,27,30)(H,31,32). The molecule has 0 aliphatic carbocycles. The van der Waals surface area contributed by atoms with Crippen molar-refractivity contribution < 1.29 is 24.3 Å². The van der Waals surface area contributed by atoms with E-state index in [4.69, 9.17) is 5.11 Å². The molecule has 182 valence electrons. The van der Waals surface area contributed by atoms with Crippen LogP contribution in [-0.4, -0.2) is 60.9 Å². The number of unbranched alkanes of at least 4 members (excludes halogenated alkanes) is 4. The smallest absolute Gasteiger partial charge is 0.303 e. The summed E-state index contributed by atoms with van der Waals surface area (Å²) in [5, 5.41) is 13.1. The maximum Gasteiger partial charge on any atom is 0.303 e. The first-order valence-electron chi connectivity index (χ1n) is 11.9. The highest BCUT2D eigenvalue weighted by molar-refractivity contribution is 6.26. The molecule has 0 fully saturated rings. The van der Waals surface area contributed by atoms with Gasteiger partial charge in [-0.05, 0) is 43.9 Å². The van der Waals surface area contributed by atoms with Crippen LogP contribution in [0.3, 0.4) is 0 Å². The molecular formula is C26H33N3O5. The second-order valence-corrected chi connectivity index (χ2v) is 8.88. The van der Waals surface area contributed by atoms with Crippen LogP contribution in [-0.2, 0) is 9.59 Å². The number of rotatable bonds is 13. The molecule has 0 bridgehead atoms. The molecule has 0 unspecified atom stereocenters. The fourth-order valence-electron chi connectivity index (χ4n) is 4.35. The molecule has 2 N–H and O–H groups in total. The van der Waals surface area contributed by atoms with Gasteiger partial charge >= 0.3 is 5.97 Å². The topological polar surface area (TPSA) is 107 Å². The van der Waals surface area contributed by atoms with Crippen LogP contribution in [0.4, 0.5) is 5.69 Å². The van der Waals surface area contributed by atoms with Gasteiger partial charge < -0.3 is 15.3 Å². The number of anilines is 1. The Balaban J connectivity index is 1.46. The number of hydrogen-bond acceptors (Lipinski definition) is 5. The highest BCUT2D eigenvalue weighted by Gasteiger charge is 2.33. The van der Waals surface area contributed by atoms with Gasteiger partial charge in [0.15, 0.2) is 0 Å². The number of carbonyl (C=O) groups is 4. The molecule has 1 heterocycles. The molecule has 0 aromatic heterocycles. The number of aliphatic carboxylic acids is 1. The quantitative estimate of drug-likeness (QED) is 0.343. The summed E-state index contributed by atoms with van der Waals surface area (Å²) in [5.41, 5.74) is 2.07. The summed E-state index contributed by atoms with van der Waals surface area (Å²) < 4.78 is 0. The van der Waals surface area contributed by atoms with Gasteiger partial charge in [0.2, 0.25) is 5.91 Å². The third-order valence-corrected chi connectivity index (χ3v) is 6.13. The average Bonchev–Trinajstić information content (AvgIpc) is 2.80. The van der Waals surface area contributed by atoms with Crippen LogP contribution in [0.2, 0.25) is 0 Å². The Labute approximate surface area is 199 Å². The molecule has 1 aliphatic heterocycles. The molecule has 8 nitrogen and oxygen atoms in total. The lowest BCUT2D eigenvalue weighted by Crippen LogP contribution is -2.41. The fourth-order valence-corrected chi connectivity index (χ4v) is 4.35. The SMILES string of the molecule is CN(C)c1ccc2c3c(cccc13)C(=O)N(CCCCCC(=O)NCCCCCC(=O)O)C2=O. The third-order valence-electron chi connectivity index (χ3n) is 6.13. The predicted molar refractivity (Wildman–Crippen MR) is 131 cm³/mol. The molecule has 0 atom stereocenters. The Morgan fingerprint density at radius 1 is 0.882 bits per heavy atom. The summed E-state index contributed by atoms with van der Waals surface area (Å²) in [5.74, 6) is -1.35. The van der Waals surface area contributed by atoms with Gasteiger partial charge in [-0.1, -0.05) is 25.0 Å². The monoisotopic (exact) mass is 467 g/mol. The summed E-state index contributed by atoms with van der Waals surface area (Å²) in [6.07, 6.45) is 4.77. The number of carbonyl (C=O) groups excluding carboxylic acids is 3. The van der Waals surface area contributed by atoms with Crippen molar-refractivity contribution in [3.8, 4) is 0 Å². The second-order valence-electron chi connectivity index (χ2n) is 8.88. The molecule has 2 aromatic rings. The van der Waals surface area contributed by atoms with Crippen LogP contribution in [0, 0.1) is 0 Å². The van der Waals surface area contributed by atoms with Crippen molar-refractivity contribution in [3.63, 3.8) is 0 Å². The number of hydrogen-bond donors (Lipinski definition) is 2. The van der Waals surface area contributed by atoms with Crippen LogP contribution in [0.1, 0.15) is 72.1 Å². The predicted octanol–water partition coefficient (Wildman–Crippen LogP) is 3.82. The van der Waals surface area contributed by atoms with Gasteiger partial charge in [0.1, 0.15) is 0 Å². The van der Waals surface area contributed by atoms with Crippen LogP contribution < -0.4 is 10.2 Å². The average molecular weight is 468 g/mol. The minimum atomic E-state index is -0.795. The van der Waals surface area contributed by atoms with Crippen molar-refractivity contribution in [2.75, 3.05) is 32.1 Å². The zero-order valence-corrected chi connectivity index (χ0v) is 19.9. The summed E-state index contributed by atoms with van der Waals surface area (Å²) in [6, 6.07) is 9.28. The van der Waals surface area contributed by atoms with Crippen molar-refractivity contribution in [3.05, 3.63) is 41.5 Å². The van der Waals surface area contributed by atoms with Crippen molar-refractivity contribution in [1.82, 2.24) is 10.2 Å². The molecule has 1 aliphatic rings. The van der Waals surface area contributed by atoms with Crippen molar-refractivity contribution >= 4 is 40.2 Å². The second kappa shape index (κ2) is 11.6. The van der Waals surface area contributed by atoms with Gasteiger partial charge in [0.05, 0.1) is 0 Å². The molecule has 3 rings (SSSR count). The maximum absolute atomic E-state index is 13.1. The van der Waals surface area contributed by atoms with Gasteiger partial charge in [-0.15, -0.1) is 0 Å². The normalized spacial score (nSPS) is 12.8. The van der Waals surface area contributed by atoms with Crippen LogP contribution in [0.5, 0.6) is 0 Å². The number of imide groups is 1. The minimum Gasteiger partial charge on any atom is -0.481 e. The Hall–Kier alpha value is -3.42. The highest BCUT2D eigenvalue weighted by atomic mass is 16.4. The number of carboxylic acids is 1. The lowest BCUT2D eigenvalue weighted by Gasteiger charge is -2.28. The van der Waals surface area contributed by atoms with E-state index in [2.05, 4.69) is 5.32 Å². The molecule has 0 radical (unpaired) electrons. The Kier molecular flexibility index (Phi) is 8.62. The van der Waals surface area contributed by atoms with E-state index in [-0.39, 0.29) is 24.1 Å². The summed E-state index contributed by atoms with van der Waals surface area (Å²) >= 11 is 0. The lowest BCUT2D eigenvalue weighted by atomic mass is 9.92. The van der Waals surface area contributed by atoms with E-state index >= 15 is 0 Å². The number of amides is 3. The molecular weight excluding hydrogens is 434 g/mol. The van der Waals surface area contributed by atoms with Crippen molar-refractivity contribution in [1.29, 1.82) is 0 Å². The van der Waals surface area contributed by atoms with Crippen LogP contribution in [0.25, 0.3) is 10.8 Å². The van der Waals surface area contributed by atoms with Gasteiger partial charge in [-0.25, -0.2) is 0 Å². The lowest BCUT2D eigenvalue weighted by molar-refractivity contribution is -0.137. The third kappa shape index (κ3) is 5.92. The molecule has 2 aromatic carbocycles. The number of carboxylic acid groups (broad SMARTS) is 1. The Bertz CT molecular complexity index is 1060. The zero-order valence-electron chi connectivity index (χ0n) is 19.9. The Morgan fingerprint density at radius 2 is 1.56 bits per heavy atom. The van der Waals surface area contributed by atoms with E-state index in [1.54, 1.807) is 12.1 Å². The van der Waals surface area contributed by atoms with Gasteiger partial charge in [-0.2, -0.15) is 0 Å². The maximum atomic E-state index is 13.1. The van der Waals surface area contributed by atoms with Crippen molar-refractivity contribution in [2.45, 2.75) is 51.4 Å². The summed E-state index contributed by atoms with van der Waals surface area (Å²) in [6.45, 7) is 0.879. The van der Waals surface area contributed by atoms with Crippen molar-refractivity contribution in [2.24, 2.45) is 0 Å². The number of benzene rings is 2.